The van der Waals surface area contributed by atoms with Crippen molar-refractivity contribution >= 4 is 33.6 Å². The van der Waals surface area contributed by atoms with E-state index in [0.717, 1.165) is 34.3 Å². The molecule has 130 valence electrons. The molecule has 25 heavy (non-hydrogen) atoms. The summed E-state index contributed by atoms with van der Waals surface area (Å²) in [6.07, 6.45) is 4.87. The predicted octanol–water partition coefficient (Wildman–Crippen LogP) is 5.43. The molecule has 0 fully saturated rings. The molecule has 2 aromatic carbocycles. The number of nitrogens with zero attached hydrogens (tertiary/aromatic N) is 1. The molecule has 1 aliphatic heterocycles. The van der Waals surface area contributed by atoms with Crippen LogP contribution in [0.2, 0.25) is 0 Å². The summed E-state index contributed by atoms with van der Waals surface area (Å²) in [7, 11) is 0. The lowest BCUT2D eigenvalue weighted by Crippen LogP contribution is -2.43. The van der Waals surface area contributed by atoms with E-state index < -0.39 is 0 Å². The number of hydrogen-bond donors (Lipinski definition) is 0. The summed E-state index contributed by atoms with van der Waals surface area (Å²) in [5.41, 5.74) is 3.70. The maximum Gasteiger partial charge on any atom is 0.258 e. The molecule has 0 aliphatic carbocycles. The summed E-state index contributed by atoms with van der Waals surface area (Å²) in [5.74, 6) is 0.811. The monoisotopic (exact) mass is 399 g/mol. The zero-order valence-corrected chi connectivity index (χ0v) is 16.1. The fourth-order valence-corrected chi connectivity index (χ4v) is 3.37. The number of allylic oxidation sites excluding steroid dienone is 1. The summed E-state index contributed by atoms with van der Waals surface area (Å²) < 4.78 is 6.17. The van der Waals surface area contributed by atoms with Gasteiger partial charge >= 0.3 is 0 Å². The van der Waals surface area contributed by atoms with Crippen LogP contribution in [0.5, 0.6) is 5.75 Å². The first-order chi connectivity index (χ1) is 12.2. The SMILES string of the molecule is CC=Cc1cccc2c1OC(CC)CN2C(=O)c1ccc(CBr)cc1. The molecule has 0 aromatic heterocycles. The lowest BCUT2D eigenvalue weighted by molar-refractivity contribution is 0.0954. The Bertz CT molecular complexity index is 783. The van der Waals surface area contributed by atoms with E-state index in [1.165, 1.54) is 0 Å². The van der Waals surface area contributed by atoms with Crippen LogP contribution in [0, 0.1) is 0 Å². The van der Waals surface area contributed by atoms with E-state index in [9.17, 15) is 4.79 Å². The second-order valence-electron chi connectivity index (χ2n) is 6.09. The lowest BCUT2D eigenvalue weighted by atomic mass is 10.1. The molecule has 0 radical (unpaired) electrons. The third-order valence-electron chi connectivity index (χ3n) is 4.39. The van der Waals surface area contributed by atoms with E-state index in [-0.39, 0.29) is 12.0 Å². The van der Waals surface area contributed by atoms with E-state index in [2.05, 4.69) is 22.9 Å². The highest BCUT2D eigenvalue weighted by atomic mass is 79.9. The number of anilines is 1. The van der Waals surface area contributed by atoms with Gasteiger partial charge in [0.1, 0.15) is 6.10 Å². The molecule has 4 heteroatoms. The zero-order valence-electron chi connectivity index (χ0n) is 14.5. The highest BCUT2D eigenvalue weighted by molar-refractivity contribution is 9.08. The number of halogens is 1. The number of para-hydroxylation sites is 1. The molecule has 0 N–H and O–H groups in total. The Morgan fingerprint density at radius 3 is 2.68 bits per heavy atom. The molecule has 0 spiro atoms. The first-order valence-corrected chi connectivity index (χ1v) is 9.69. The second kappa shape index (κ2) is 7.87. The van der Waals surface area contributed by atoms with Gasteiger partial charge in [0.2, 0.25) is 0 Å². The topological polar surface area (TPSA) is 29.5 Å². The van der Waals surface area contributed by atoms with Crippen LogP contribution < -0.4 is 9.64 Å². The van der Waals surface area contributed by atoms with Crippen molar-refractivity contribution < 1.29 is 9.53 Å². The number of hydrogen-bond acceptors (Lipinski definition) is 2. The number of fused-ring (bicyclic) bond motifs is 1. The maximum absolute atomic E-state index is 13.1. The van der Waals surface area contributed by atoms with Gasteiger partial charge in [-0.3, -0.25) is 4.79 Å². The van der Waals surface area contributed by atoms with Gasteiger partial charge < -0.3 is 9.64 Å². The van der Waals surface area contributed by atoms with Crippen LogP contribution in [0.15, 0.2) is 48.5 Å². The normalized spacial score (nSPS) is 16.6. The van der Waals surface area contributed by atoms with Crippen LogP contribution in [0.4, 0.5) is 5.69 Å². The average molecular weight is 400 g/mol. The molecular weight excluding hydrogens is 378 g/mol. The highest BCUT2D eigenvalue weighted by Crippen LogP contribution is 2.38. The molecule has 1 unspecified atom stereocenters. The second-order valence-corrected chi connectivity index (χ2v) is 6.65. The van der Waals surface area contributed by atoms with Gasteiger partial charge in [-0.05, 0) is 37.1 Å². The van der Waals surface area contributed by atoms with Gasteiger partial charge in [0, 0.05) is 16.5 Å². The summed E-state index contributed by atoms with van der Waals surface area (Å²) in [6.45, 7) is 4.64. The molecule has 0 saturated heterocycles. The predicted molar refractivity (Wildman–Crippen MR) is 107 cm³/mol. The summed E-state index contributed by atoms with van der Waals surface area (Å²) in [5, 5.41) is 0.784. The third kappa shape index (κ3) is 3.64. The minimum Gasteiger partial charge on any atom is -0.486 e. The number of carbonyl (C=O) groups excluding carboxylic acids is 1. The maximum atomic E-state index is 13.1. The molecule has 1 aliphatic rings. The Morgan fingerprint density at radius 2 is 2.04 bits per heavy atom. The van der Waals surface area contributed by atoms with Crippen molar-refractivity contribution in [2.75, 3.05) is 11.4 Å². The van der Waals surface area contributed by atoms with Crippen LogP contribution in [0.1, 0.15) is 41.8 Å². The number of alkyl halides is 1. The van der Waals surface area contributed by atoms with Crippen LogP contribution in [0.3, 0.4) is 0 Å². The van der Waals surface area contributed by atoms with Crippen molar-refractivity contribution in [3.8, 4) is 5.75 Å². The standard InChI is InChI=1S/C21H22BrNO2/c1-3-6-16-7-5-8-19-20(16)25-18(4-2)14-23(19)21(24)17-11-9-15(13-22)10-12-17/h3,5-12,18H,4,13-14H2,1-2H3. The van der Waals surface area contributed by atoms with Gasteiger partial charge in [-0.2, -0.15) is 0 Å². The molecule has 0 saturated carbocycles. The Balaban J connectivity index is 2.01. The van der Waals surface area contributed by atoms with Crippen LogP contribution in [-0.4, -0.2) is 18.6 Å². The molecule has 0 bridgehead atoms. The summed E-state index contributed by atoms with van der Waals surface area (Å²) >= 11 is 3.44. The number of carbonyl (C=O) groups is 1. The van der Waals surface area contributed by atoms with Gasteiger partial charge in [0.05, 0.1) is 12.2 Å². The van der Waals surface area contributed by atoms with E-state index >= 15 is 0 Å². The van der Waals surface area contributed by atoms with Crippen LogP contribution >= 0.6 is 15.9 Å². The molecule has 3 nitrogen and oxygen atoms in total. The van der Waals surface area contributed by atoms with E-state index in [1.807, 2.05) is 66.4 Å². The Labute approximate surface area is 157 Å². The number of benzene rings is 2. The lowest BCUT2D eigenvalue weighted by Gasteiger charge is -2.35. The Hall–Kier alpha value is -2.07. The molecule has 1 atom stereocenters. The minimum absolute atomic E-state index is 0.00433. The first kappa shape index (κ1) is 17.7. The molecule has 1 amide bonds. The molecule has 1 heterocycles. The average Bonchev–Trinajstić information content (AvgIpc) is 2.67. The molecular formula is C21H22BrNO2. The van der Waals surface area contributed by atoms with Gasteiger partial charge in [0.25, 0.3) is 5.91 Å². The van der Waals surface area contributed by atoms with Crippen LogP contribution in [-0.2, 0) is 5.33 Å². The van der Waals surface area contributed by atoms with Crippen molar-refractivity contribution in [3.63, 3.8) is 0 Å². The number of rotatable bonds is 4. The van der Waals surface area contributed by atoms with E-state index in [4.69, 9.17) is 4.74 Å². The van der Waals surface area contributed by atoms with Crippen molar-refractivity contribution in [2.24, 2.45) is 0 Å². The quantitative estimate of drug-likeness (QED) is 0.641. The molecule has 2 aromatic rings. The Morgan fingerprint density at radius 1 is 1.28 bits per heavy atom. The van der Waals surface area contributed by atoms with Crippen molar-refractivity contribution in [3.05, 3.63) is 65.2 Å². The zero-order chi connectivity index (χ0) is 17.8. The van der Waals surface area contributed by atoms with Crippen LogP contribution in [0.25, 0.3) is 6.08 Å². The van der Waals surface area contributed by atoms with Crippen molar-refractivity contribution in [1.82, 2.24) is 0 Å². The van der Waals surface area contributed by atoms with Crippen molar-refractivity contribution in [1.29, 1.82) is 0 Å². The van der Waals surface area contributed by atoms with Gasteiger partial charge in [-0.25, -0.2) is 0 Å². The fraction of sp³-hybridized carbons (Fsp3) is 0.286. The fourth-order valence-electron chi connectivity index (χ4n) is 3.00. The Kier molecular flexibility index (Phi) is 5.59. The van der Waals surface area contributed by atoms with Gasteiger partial charge in [-0.15, -0.1) is 0 Å². The number of amides is 1. The number of ether oxygens (including phenoxy) is 1. The summed E-state index contributed by atoms with van der Waals surface area (Å²) in [4.78, 5) is 15.0. The van der Waals surface area contributed by atoms with Gasteiger partial charge in [-0.1, -0.05) is 59.3 Å². The largest absolute Gasteiger partial charge is 0.486 e. The first-order valence-electron chi connectivity index (χ1n) is 8.57. The highest BCUT2D eigenvalue weighted by Gasteiger charge is 2.30. The summed E-state index contributed by atoms with van der Waals surface area (Å²) in [6, 6.07) is 13.7. The molecule has 3 rings (SSSR count). The minimum atomic E-state index is 0.00433. The van der Waals surface area contributed by atoms with Gasteiger partial charge in [0.15, 0.2) is 5.75 Å². The smallest absolute Gasteiger partial charge is 0.258 e. The van der Waals surface area contributed by atoms with E-state index in [0.29, 0.717) is 12.1 Å². The van der Waals surface area contributed by atoms with E-state index in [1.54, 1.807) is 0 Å². The third-order valence-corrected chi connectivity index (χ3v) is 5.04. The van der Waals surface area contributed by atoms with Crippen molar-refractivity contribution in [2.45, 2.75) is 31.7 Å².